The van der Waals surface area contributed by atoms with Gasteiger partial charge in [0.05, 0.1) is 0 Å². The molecule has 2 aromatic rings. The molecule has 0 aliphatic carbocycles. The molecule has 2 aromatic carbocycles. The fourth-order valence-electron chi connectivity index (χ4n) is 1.78. The van der Waals surface area contributed by atoms with Crippen molar-refractivity contribution in [1.82, 2.24) is 0 Å². The summed E-state index contributed by atoms with van der Waals surface area (Å²) in [4.78, 5) is 0. The Hall–Kier alpha value is -1.76. The molecule has 0 saturated heterocycles. The van der Waals surface area contributed by atoms with Crippen molar-refractivity contribution in [1.29, 1.82) is 0 Å². The molecule has 17 heavy (non-hydrogen) atoms. The van der Waals surface area contributed by atoms with Crippen LogP contribution in [0.3, 0.4) is 0 Å². The predicted molar refractivity (Wildman–Crippen MR) is 73.3 cm³/mol. The van der Waals surface area contributed by atoms with Crippen LogP contribution in [0, 0.1) is 13.0 Å². The molecule has 87 valence electrons. The molecule has 0 aliphatic rings. The Morgan fingerprint density at radius 2 is 1.71 bits per heavy atom. The Bertz CT molecular complexity index is 431. The van der Waals surface area contributed by atoms with Crippen LogP contribution in [0.5, 0.6) is 0 Å². The summed E-state index contributed by atoms with van der Waals surface area (Å²) in [5, 5.41) is 3.41. The molecule has 0 fully saturated rings. The van der Waals surface area contributed by atoms with Crippen LogP contribution in [0.25, 0.3) is 0 Å². The number of rotatable bonds is 5. The summed E-state index contributed by atoms with van der Waals surface area (Å²) in [7, 11) is 0. The van der Waals surface area contributed by atoms with Gasteiger partial charge in [-0.25, -0.2) is 0 Å². The minimum atomic E-state index is 1.01. The van der Waals surface area contributed by atoms with Gasteiger partial charge in [0.15, 0.2) is 0 Å². The third kappa shape index (κ3) is 3.95. The zero-order valence-corrected chi connectivity index (χ0v) is 10.2. The molecule has 0 saturated carbocycles. The summed E-state index contributed by atoms with van der Waals surface area (Å²) in [6.07, 6.45) is 2.29. The summed E-state index contributed by atoms with van der Waals surface area (Å²) >= 11 is 0. The minimum Gasteiger partial charge on any atom is -0.385 e. The maximum atomic E-state index is 3.41. The maximum absolute atomic E-state index is 3.41. The Balaban J connectivity index is 1.71. The Labute approximate surface area is 103 Å². The van der Waals surface area contributed by atoms with Gasteiger partial charge in [-0.3, -0.25) is 0 Å². The van der Waals surface area contributed by atoms with E-state index in [1.165, 1.54) is 16.8 Å². The van der Waals surface area contributed by atoms with Crippen LogP contribution in [0.4, 0.5) is 5.69 Å². The summed E-state index contributed by atoms with van der Waals surface area (Å²) < 4.78 is 0. The molecular weight excluding hydrogens is 206 g/mol. The van der Waals surface area contributed by atoms with Crippen LogP contribution in [0.2, 0.25) is 0 Å². The second kappa shape index (κ2) is 6.09. The van der Waals surface area contributed by atoms with Crippen molar-refractivity contribution in [2.75, 3.05) is 11.9 Å². The first-order valence-electron chi connectivity index (χ1n) is 6.10. The maximum Gasteiger partial charge on any atom is 0.0340 e. The van der Waals surface area contributed by atoms with E-state index in [1.807, 2.05) is 24.3 Å². The zero-order valence-electron chi connectivity index (χ0n) is 10.2. The van der Waals surface area contributed by atoms with Gasteiger partial charge in [-0.05, 0) is 43.5 Å². The second-order valence-electron chi connectivity index (χ2n) is 4.30. The van der Waals surface area contributed by atoms with E-state index in [0.717, 1.165) is 19.4 Å². The van der Waals surface area contributed by atoms with Gasteiger partial charge >= 0.3 is 0 Å². The Morgan fingerprint density at radius 3 is 2.41 bits per heavy atom. The fourth-order valence-corrected chi connectivity index (χ4v) is 1.78. The molecule has 2 rings (SSSR count). The quantitative estimate of drug-likeness (QED) is 0.761. The zero-order chi connectivity index (χ0) is 11.9. The van der Waals surface area contributed by atoms with Crippen molar-refractivity contribution in [2.45, 2.75) is 19.8 Å². The monoisotopic (exact) mass is 224 g/mol. The fraction of sp³-hybridized carbons (Fsp3) is 0.250. The van der Waals surface area contributed by atoms with E-state index in [0.29, 0.717) is 0 Å². The van der Waals surface area contributed by atoms with E-state index >= 15 is 0 Å². The first-order valence-corrected chi connectivity index (χ1v) is 6.10. The standard InChI is InChI=1S/C16H18N/c1-14-9-11-15(12-10-14)6-5-13-17-16-7-3-2-4-8-16/h3-4,7-12,17H,5-6,13H2,1H3. The average Bonchev–Trinajstić information content (AvgIpc) is 2.38. The van der Waals surface area contributed by atoms with E-state index < -0.39 is 0 Å². The van der Waals surface area contributed by atoms with Crippen molar-refractivity contribution >= 4 is 5.69 Å². The van der Waals surface area contributed by atoms with Crippen LogP contribution >= 0.6 is 0 Å². The summed E-state index contributed by atoms with van der Waals surface area (Å²) in [6.45, 7) is 3.13. The van der Waals surface area contributed by atoms with Crippen LogP contribution in [-0.4, -0.2) is 6.54 Å². The molecule has 1 N–H and O–H groups in total. The largest absolute Gasteiger partial charge is 0.385 e. The number of hydrogen-bond donors (Lipinski definition) is 1. The van der Waals surface area contributed by atoms with Gasteiger partial charge in [-0.1, -0.05) is 42.0 Å². The van der Waals surface area contributed by atoms with Crippen molar-refractivity contribution in [3.8, 4) is 0 Å². The molecule has 0 aliphatic heterocycles. The topological polar surface area (TPSA) is 12.0 Å². The van der Waals surface area contributed by atoms with Crippen LogP contribution in [-0.2, 0) is 6.42 Å². The number of nitrogens with one attached hydrogen (secondary N) is 1. The van der Waals surface area contributed by atoms with E-state index in [-0.39, 0.29) is 0 Å². The lowest BCUT2D eigenvalue weighted by Gasteiger charge is -2.06. The second-order valence-corrected chi connectivity index (χ2v) is 4.30. The summed E-state index contributed by atoms with van der Waals surface area (Å²) in [6, 6.07) is 19.8. The van der Waals surface area contributed by atoms with Gasteiger partial charge in [-0.15, -0.1) is 0 Å². The highest BCUT2D eigenvalue weighted by Crippen LogP contribution is 2.07. The Morgan fingerprint density at radius 1 is 1.00 bits per heavy atom. The van der Waals surface area contributed by atoms with Gasteiger partial charge in [0.25, 0.3) is 0 Å². The van der Waals surface area contributed by atoms with E-state index in [9.17, 15) is 0 Å². The van der Waals surface area contributed by atoms with Crippen molar-refractivity contribution in [2.24, 2.45) is 0 Å². The molecule has 0 spiro atoms. The molecule has 0 heterocycles. The average molecular weight is 224 g/mol. The summed E-state index contributed by atoms with van der Waals surface area (Å²) in [5.41, 5.74) is 3.92. The first-order chi connectivity index (χ1) is 8.34. The lowest BCUT2D eigenvalue weighted by Crippen LogP contribution is -2.02. The highest BCUT2D eigenvalue weighted by atomic mass is 14.9. The van der Waals surface area contributed by atoms with Gasteiger partial charge in [-0.2, -0.15) is 0 Å². The Kier molecular flexibility index (Phi) is 4.20. The SMILES string of the molecule is Cc1ccc(CCCNc2cc[c]cc2)cc1. The van der Waals surface area contributed by atoms with Crippen LogP contribution in [0.15, 0.2) is 48.5 Å². The molecule has 1 heteroatoms. The minimum absolute atomic E-state index is 1.01. The third-order valence-electron chi connectivity index (χ3n) is 2.81. The van der Waals surface area contributed by atoms with E-state index in [1.54, 1.807) is 0 Å². The van der Waals surface area contributed by atoms with E-state index in [2.05, 4.69) is 42.6 Å². The first kappa shape index (κ1) is 11.7. The van der Waals surface area contributed by atoms with Gasteiger partial charge < -0.3 is 5.32 Å². The van der Waals surface area contributed by atoms with Crippen molar-refractivity contribution in [3.63, 3.8) is 0 Å². The van der Waals surface area contributed by atoms with E-state index in [4.69, 9.17) is 0 Å². The molecule has 0 bridgehead atoms. The molecule has 0 aromatic heterocycles. The lowest BCUT2D eigenvalue weighted by atomic mass is 10.1. The van der Waals surface area contributed by atoms with Gasteiger partial charge in [0.2, 0.25) is 0 Å². The normalized spacial score (nSPS) is 10.2. The van der Waals surface area contributed by atoms with Gasteiger partial charge in [0, 0.05) is 12.2 Å². The van der Waals surface area contributed by atoms with Crippen LogP contribution in [0.1, 0.15) is 17.5 Å². The molecule has 1 radical (unpaired) electrons. The smallest absolute Gasteiger partial charge is 0.0340 e. The highest BCUT2D eigenvalue weighted by molar-refractivity contribution is 5.41. The number of anilines is 1. The molecule has 0 amide bonds. The number of hydrogen-bond acceptors (Lipinski definition) is 1. The molecule has 1 nitrogen and oxygen atoms in total. The van der Waals surface area contributed by atoms with Crippen LogP contribution < -0.4 is 5.32 Å². The number of aryl methyl sites for hydroxylation is 2. The van der Waals surface area contributed by atoms with Crippen molar-refractivity contribution in [3.05, 3.63) is 65.7 Å². The number of benzene rings is 2. The molecule has 0 atom stereocenters. The molecular formula is C16H18N. The van der Waals surface area contributed by atoms with Crippen molar-refractivity contribution < 1.29 is 0 Å². The van der Waals surface area contributed by atoms with Gasteiger partial charge in [0.1, 0.15) is 0 Å². The third-order valence-corrected chi connectivity index (χ3v) is 2.81. The predicted octanol–water partition coefficient (Wildman–Crippen LogP) is 3.84. The summed E-state index contributed by atoms with van der Waals surface area (Å²) in [5.74, 6) is 0. The molecule has 0 unspecified atom stereocenters. The lowest BCUT2D eigenvalue weighted by molar-refractivity contribution is 0.862. The highest BCUT2D eigenvalue weighted by Gasteiger charge is 1.93.